The maximum atomic E-state index is 14.5. The van der Waals surface area contributed by atoms with Gasteiger partial charge in [0.2, 0.25) is 11.8 Å². The van der Waals surface area contributed by atoms with Gasteiger partial charge in [0.05, 0.1) is 28.3 Å². The van der Waals surface area contributed by atoms with E-state index in [0.29, 0.717) is 46.7 Å². The van der Waals surface area contributed by atoms with Crippen molar-refractivity contribution in [2.75, 3.05) is 33.3 Å². The fraction of sp³-hybridized carbons (Fsp3) is 0.387. The van der Waals surface area contributed by atoms with Crippen LogP contribution in [0.1, 0.15) is 45.6 Å². The zero-order valence-electron chi connectivity index (χ0n) is 22.6. The standard InChI is InChI=1S/C31H31ClFN3O4S/c1-40-22-4-2-3-20(17-22)25-26(29(37)23-11-12-24(32)41-23)27(18-7-9-21(33)10-8-18)36(30(38)19-5-6-19)28(25)31(39)35-15-13-34-14-16-35/h2-4,7-12,17,19,25-28,34H,5-6,13-16H2,1H3. The lowest BCUT2D eigenvalue weighted by Crippen LogP contribution is -2.55. The molecule has 6 rings (SSSR count). The van der Waals surface area contributed by atoms with Crippen LogP contribution in [-0.2, 0) is 9.59 Å². The summed E-state index contributed by atoms with van der Waals surface area (Å²) in [6, 6.07) is 15.0. The molecular formula is C31H31ClFN3O4S. The second-order valence-electron chi connectivity index (χ2n) is 10.8. The predicted molar refractivity (Wildman–Crippen MR) is 155 cm³/mol. The van der Waals surface area contributed by atoms with Gasteiger partial charge < -0.3 is 19.9 Å². The average molecular weight is 596 g/mol. The first-order valence-corrected chi connectivity index (χ1v) is 15.1. The molecular weight excluding hydrogens is 565 g/mol. The molecule has 41 heavy (non-hydrogen) atoms. The minimum absolute atomic E-state index is 0.139. The maximum Gasteiger partial charge on any atom is 0.246 e. The van der Waals surface area contributed by atoms with Crippen LogP contribution in [0.4, 0.5) is 4.39 Å². The van der Waals surface area contributed by atoms with Crippen molar-refractivity contribution in [3.63, 3.8) is 0 Å². The summed E-state index contributed by atoms with van der Waals surface area (Å²) in [5.74, 6) is -2.04. The number of rotatable bonds is 7. The summed E-state index contributed by atoms with van der Waals surface area (Å²) in [5.41, 5.74) is 1.35. The van der Waals surface area contributed by atoms with Crippen molar-refractivity contribution in [2.45, 2.75) is 30.8 Å². The Bertz CT molecular complexity index is 1450. The highest BCUT2D eigenvalue weighted by molar-refractivity contribution is 7.18. The number of piperazine rings is 1. The van der Waals surface area contributed by atoms with Crippen LogP contribution in [-0.4, -0.2) is 66.7 Å². The van der Waals surface area contributed by atoms with E-state index in [1.165, 1.54) is 23.5 Å². The number of ether oxygens (including phenoxy) is 1. The number of carbonyl (C=O) groups excluding carboxylic acids is 3. The molecule has 3 aliphatic rings. The van der Waals surface area contributed by atoms with Gasteiger partial charge in [-0.2, -0.15) is 0 Å². The molecule has 2 amide bonds. The molecule has 1 aliphatic carbocycles. The zero-order chi connectivity index (χ0) is 28.7. The van der Waals surface area contributed by atoms with Gasteiger partial charge >= 0.3 is 0 Å². The molecule has 7 nitrogen and oxygen atoms in total. The second-order valence-corrected chi connectivity index (χ2v) is 12.5. The highest BCUT2D eigenvalue weighted by atomic mass is 35.5. The molecule has 2 aliphatic heterocycles. The highest BCUT2D eigenvalue weighted by Gasteiger charge is 2.59. The number of hydrogen-bond donors (Lipinski definition) is 1. The van der Waals surface area contributed by atoms with Crippen LogP contribution in [0.3, 0.4) is 0 Å². The van der Waals surface area contributed by atoms with Gasteiger partial charge in [-0.05, 0) is 60.4 Å². The van der Waals surface area contributed by atoms with Crippen LogP contribution in [0.25, 0.3) is 0 Å². The number of Topliss-reactive ketones (excluding diaryl/α,β-unsaturated/α-hetero) is 1. The fourth-order valence-corrected chi connectivity index (χ4v) is 7.29. The van der Waals surface area contributed by atoms with E-state index in [-0.39, 0.29) is 23.5 Å². The van der Waals surface area contributed by atoms with Gasteiger partial charge in [-0.15, -0.1) is 11.3 Å². The molecule has 1 aromatic heterocycles. The van der Waals surface area contributed by atoms with Crippen LogP contribution >= 0.6 is 22.9 Å². The van der Waals surface area contributed by atoms with Crippen molar-refractivity contribution in [1.82, 2.24) is 15.1 Å². The predicted octanol–water partition coefficient (Wildman–Crippen LogP) is 4.93. The van der Waals surface area contributed by atoms with Gasteiger partial charge in [0.25, 0.3) is 0 Å². The molecule has 2 saturated heterocycles. The number of methoxy groups -OCH3 is 1. The third kappa shape index (κ3) is 5.38. The second kappa shape index (κ2) is 11.5. The number of benzene rings is 2. The van der Waals surface area contributed by atoms with Gasteiger partial charge in [0.15, 0.2) is 5.78 Å². The summed E-state index contributed by atoms with van der Waals surface area (Å²) in [4.78, 5) is 47.1. The van der Waals surface area contributed by atoms with Crippen molar-refractivity contribution >= 4 is 40.5 Å². The number of hydrogen-bond acceptors (Lipinski definition) is 6. The van der Waals surface area contributed by atoms with E-state index in [2.05, 4.69) is 5.32 Å². The van der Waals surface area contributed by atoms with E-state index >= 15 is 0 Å². The third-order valence-electron chi connectivity index (χ3n) is 8.34. The van der Waals surface area contributed by atoms with Crippen LogP contribution < -0.4 is 10.1 Å². The molecule has 0 spiro atoms. The first-order valence-electron chi connectivity index (χ1n) is 13.9. The number of nitrogens with zero attached hydrogens (tertiary/aromatic N) is 2. The Morgan fingerprint density at radius 1 is 0.976 bits per heavy atom. The van der Waals surface area contributed by atoms with Gasteiger partial charge in [-0.3, -0.25) is 14.4 Å². The molecule has 0 radical (unpaired) electrons. The fourth-order valence-electron chi connectivity index (χ4n) is 6.26. The highest BCUT2D eigenvalue weighted by Crippen LogP contribution is 2.54. The van der Waals surface area contributed by atoms with Crippen LogP contribution in [0.15, 0.2) is 60.7 Å². The lowest BCUT2D eigenvalue weighted by atomic mass is 9.77. The molecule has 2 aromatic carbocycles. The molecule has 4 unspecified atom stereocenters. The summed E-state index contributed by atoms with van der Waals surface area (Å²) in [7, 11) is 1.57. The van der Waals surface area contributed by atoms with Crippen LogP contribution in [0.5, 0.6) is 5.75 Å². The van der Waals surface area contributed by atoms with Crippen molar-refractivity contribution in [2.24, 2.45) is 11.8 Å². The maximum absolute atomic E-state index is 14.5. The van der Waals surface area contributed by atoms with E-state index in [1.54, 1.807) is 41.2 Å². The van der Waals surface area contributed by atoms with Crippen molar-refractivity contribution in [3.8, 4) is 5.75 Å². The molecule has 214 valence electrons. The van der Waals surface area contributed by atoms with Gasteiger partial charge in [0, 0.05) is 38.0 Å². The topological polar surface area (TPSA) is 79.0 Å². The summed E-state index contributed by atoms with van der Waals surface area (Å²) < 4.78 is 20.1. The van der Waals surface area contributed by atoms with Gasteiger partial charge in [-0.1, -0.05) is 35.9 Å². The minimum Gasteiger partial charge on any atom is -0.497 e. The molecule has 3 aromatic rings. The molecule has 0 bridgehead atoms. The van der Waals surface area contributed by atoms with E-state index < -0.39 is 29.7 Å². The normalized spacial score (nSPS) is 24.4. The SMILES string of the molecule is COc1cccc(C2C(C(=O)c3ccc(Cl)s3)C(c3ccc(F)cc3)N(C(=O)C3CC3)C2C(=O)N2CCNCC2)c1. The van der Waals surface area contributed by atoms with Crippen molar-refractivity contribution in [3.05, 3.63) is 86.8 Å². The number of carbonyl (C=O) groups is 3. The summed E-state index contributed by atoms with van der Waals surface area (Å²) in [6.45, 7) is 2.31. The molecule has 3 heterocycles. The van der Waals surface area contributed by atoms with Crippen LogP contribution in [0.2, 0.25) is 4.34 Å². The lowest BCUT2D eigenvalue weighted by molar-refractivity contribution is -0.147. The lowest BCUT2D eigenvalue weighted by Gasteiger charge is -2.36. The largest absolute Gasteiger partial charge is 0.497 e. The average Bonchev–Trinajstić information content (AvgIpc) is 3.67. The smallest absolute Gasteiger partial charge is 0.246 e. The van der Waals surface area contributed by atoms with E-state index in [4.69, 9.17) is 16.3 Å². The molecule has 1 saturated carbocycles. The Labute approximate surface area is 247 Å². The van der Waals surface area contributed by atoms with E-state index in [1.807, 2.05) is 24.3 Å². The van der Waals surface area contributed by atoms with E-state index in [9.17, 15) is 18.8 Å². The Kier molecular flexibility index (Phi) is 7.85. The minimum atomic E-state index is -0.923. The summed E-state index contributed by atoms with van der Waals surface area (Å²) >= 11 is 7.44. The van der Waals surface area contributed by atoms with Gasteiger partial charge in [0.1, 0.15) is 17.6 Å². The molecule has 1 N–H and O–H groups in total. The number of halogens is 2. The number of amides is 2. The first-order chi connectivity index (χ1) is 19.9. The Balaban J connectivity index is 1.58. The summed E-state index contributed by atoms with van der Waals surface area (Å²) in [5, 5.41) is 3.28. The monoisotopic (exact) mass is 595 g/mol. The number of ketones is 1. The first kappa shape index (κ1) is 27.9. The Morgan fingerprint density at radius 2 is 1.71 bits per heavy atom. The Morgan fingerprint density at radius 3 is 2.34 bits per heavy atom. The Hall–Kier alpha value is -3.27. The molecule has 10 heteroatoms. The number of thiophene rings is 1. The van der Waals surface area contributed by atoms with Crippen molar-refractivity contribution in [1.29, 1.82) is 0 Å². The van der Waals surface area contributed by atoms with Crippen LogP contribution in [0, 0.1) is 17.7 Å². The summed E-state index contributed by atoms with van der Waals surface area (Å²) in [6.07, 6.45) is 1.48. The molecule has 3 fully saturated rings. The number of likely N-dealkylation sites (tertiary alicyclic amines) is 1. The van der Waals surface area contributed by atoms with Gasteiger partial charge in [-0.25, -0.2) is 4.39 Å². The molecule has 4 atom stereocenters. The van der Waals surface area contributed by atoms with E-state index in [0.717, 1.165) is 18.4 Å². The third-order valence-corrected chi connectivity index (χ3v) is 9.58. The quantitative estimate of drug-likeness (QED) is 0.392. The number of nitrogens with one attached hydrogen (secondary N) is 1. The van der Waals surface area contributed by atoms with Crippen molar-refractivity contribution < 1.29 is 23.5 Å². The zero-order valence-corrected chi connectivity index (χ0v) is 24.2.